The van der Waals surface area contributed by atoms with Gasteiger partial charge in [-0.2, -0.15) is 0 Å². The van der Waals surface area contributed by atoms with Crippen LogP contribution in [-0.4, -0.2) is 0 Å². The molecule has 0 bridgehead atoms. The Morgan fingerprint density at radius 2 is 2.09 bits per heavy atom. The van der Waals surface area contributed by atoms with Crippen LogP contribution in [0, 0.1) is 12.7 Å². The minimum atomic E-state index is -0.224. The molecule has 11 heavy (non-hydrogen) atoms. The molecule has 2 heteroatoms. The molecule has 0 saturated carbocycles. The Kier molecular flexibility index (Phi) is 1.22. The van der Waals surface area contributed by atoms with Crippen LogP contribution in [0.15, 0.2) is 28.7 Å². The fourth-order valence-corrected chi connectivity index (χ4v) is 1.15. The second-order valence-corrected chi connectivity index (χ2v) is 2.54. The van der Waals surface area contributed by atoms with E-state index in [2.05, 4.69) is 0 Å². The number of furan rings is 1. The van der Waals surface area contributed by atoms with Gasteiger partial charge in [0.15, 0.2) is 0 Å². The Hall–Kier alpha value is -1.31. The molecule has 56 valence electrons. The van der Waals surface area contributed by atoms with Gasteiger partial charge in [0.2, 0.25) is 0 Å². The molecule has 0 fully saturated rings. The van der Waals surface area contributed by atoms with E-state index in [1.807, 2.05) is 13.0 Å². The number of hydrogen-bond acceptors (Lipinski definition) is 1. The molecular weight excluding hydrogens is 143 g/mol. The largest absolute Gasteiger partial charge is 0.461 e. The molecule has 1 heterocycles. The minimum absolute atomic E-state index is 0.224. The highest BCUT2D eigenvalue weighted by Gasteiger charge is 1.99. The van der Waals surface area contributed by atoms with E-state index in [-0.39, 0.29) is 5.82 Å². The number of hydrogen-bond donors (Lipinski definition) is 0. The van der Waals surface area contributed by atoms with Gasteiger partial charge < -0.3 is 4.42 Å². The zero-order chi connectivity index (χ0) is 7.84. The summed E-state index contributed by atoms with van der Waals surface area (Å²) in [6, 6.07) is 6.31. The van der Waals surface area contributed by atoms with Crippen LogP contribution in [0.5, 0.6) is 0 Å². The van der Waals surface area contributed by atoms with Gasteiger partial charge in [-0.15, -0.1) is 0 Å². The van der Waals surface area contributed by atoms with Gasteiger partial charge in [-0.1, -0.05) is 0 Å². The average molecular weight is 150 g/mol. The lowest BCUT2D eigenvalue weighted by atomic mass is 10.2. The quantitative estimate of drug-likeness (QED) is 0.562. The summed E-state index contributed by atoms with van der Waals surface area (Å²) >= 11 is 0. The van der Waals surface area contributed by atoms with Crippen molar-refractivity contribution in [3.63, 3.8) is 0 Å². The van der Waals surface area contributed by atoms with Gasteiger partial charge >= 0.3 is 0 Å². The summed E-state index contributed by atoms with van der Waals surface area (Å²) in [4.78, 5) is 0. The Morgan fingerprint density at radius 1 is 1.27 bits per heavy atom. The van der Waals surface area contributed by atoms with E-state index < -0.39 is 0 Å². The van der Waals surface area contributed by atoms with E-state index in [1.165, 1.54) is 12.1 Å². The van der Waals surface area contributed by atoms with Crippen molar-refractivity contribution in [2.75, 3.05) is 0 Å². The predicted octanol–water partition coefficient (Wildman–Crippen LogP) is 2.88. The van der Waals surface area contributed by atoms with Crippen LogP contribution in [0.1, 0.15) is 5.76 Å². The summed E-state index contributed by atoms with van der Waals surface area (Å²) in [5.74, 6) is 0.587. The first-order valence-corrected chi connectivity index (χ1v) is 3.41. The number of fused-ring (bicyclic) bond motifs is 1. The fourth-order valence-electron chi connectivity index (χ4n) is 1.15. The van der Waals surface area contributed by atoms with Crippen LogP contribution in [-0.2, 0) is 0 Å². The maximum Gasteiger partial charge on any atom is 0.134 e. The van der Waals surface area contributed by atoms with Crippen molar-refractivity contribution in [1.29, 1.82) is 0 Å². The van der Waals surface area contributed by atoms with Crippen molar-refractivity contribution in [3.05, 3.63) is 35.8 Å². The van der Waals surface area contributed by atoms with Gasteiger partial charge in [-0.3, -0.25) is 0 Å². The first kappa shape index (κ1) is 6.40. The lowest BCUT2D eigenvalue weighted by Gasteiger charge is -1.86. The number of rotatable bonds is 0. The van der Waals surface area contributed by atoms with Crippen LogP contribution in [0.2, 0.25) is 0 Å². The van der Waals surface area contributed by atoms with Crippen molar-refractivity contribution in [2.24, 2.45) is 0 Å². The standard InChI is InChI=1S/C9H7FO/c1-6-4-7-5-8(10)2-3-9(7)11-6/h2-5H,1H3. The normalized spacial score (nSPS) is 10.7. The third kappa shape index (κ3) is 1.00. The Morgan fingerprint density at radius 3 is 2.91 bits per heavy atom. The summed E-state index contributed by atoms with van der Waals surface area (Å²) < 4.78 is 17.9. The van der Waals surface area contributed by atoms with E-state index in [0.29, 0.717) is 0 Å². The molecule has 1 aromatic heterocycles. The lowest BCUT2D eigenvalue weighted by Crippen LogP contribution is -1.68. The lowest BCUT2D eigenvalue weighted by molar-refractivity contribution is 0.576. The van der Waals surface area contributed by atoms with Gasteiger partial charge in [0.1, 0.15) is 17.2 Å². The topological polar surface area (TPSA) is 13.1 Å². The Bertz CT molecular complexity index is 389. The van der Waals surface area contributed by atoms with Crippen LogP contribution >= 0.6 is 0 Å². The molecule has 0 atom stereocenters. The average Bonchev–Trinajstić information content (AvgIpc) is 2.27. The van der Waals surface area contributed by atoms with E-state index in [1.54, 1.807) is 6.07 Å². The predicted molar refractivity (Wildman–Crippen MR) is 40.9 cm³/mol. The van der Waals surface area contributed by atoms with Crippen LogP contribution in [0.3, 0.4) is 0 Å². The van der Waals surface area contributed by atoms with Gasteiger partial charge in [-0.25, -0.2) is 4.39 Å². The Labute approximate surface area is 63.4 Å². The molecule has 0 amide bonds. The summed E-state index contributed by atoms with van der Waals surface area (Å²) in [6.45, 7) is 1.85. The van der Waals surface area contributed by atoms with Gasteiger partial charge in [-0.05, 0) is 31.2 Å². The second-order valence-electron chi connectivity index (χ2n) is 2.54. The van der Waals surface area contributed by atoms with E-state index in [0.717, 1.165) is 16.7 Å². The molecule has 0 aliphatic carbocycles. The van der Waals surface area contributed by atoms with Crippen molar-refractivity contribution < 1.29 is 8.81 Å². The second kappa shape index (κ2) is 2.09. The zero-order valence-corrected chi connectivity index (χ0v) is 6.10. The zero-order valence-electron chi connectivity index (χ0n) is 6.10. The third-order valence-corrected chi connectivity index (χ3v) is 1.60. The highest BCUT2D eigenvalue weighted by atomic mass is 19.1. The van der Waals surface area contributed by atoms with Gasteiger partial charge in [0, 0.05) is 5.39 Å². The molecule has 2 aromatic rings. The monoisotopic (exact) mass is 150 g/mol. The number of halogens is 1. The molecule has 0 saturated heterocycles. The smallest absolute Gasteiger partial charge is 0.134 e. The minimum Gasteiger partial charge on any atom is -0.461 e. The molecular formula is C9H7FO. The molecule has 0 N–H and O–H groups in total. The van der Waals surface area contributed by atoms with Crippen LogP contribution < -0.4 is 0 Å². The molecule has 0 aliphatic rings. The highest BCUT2D eigenvalue weighted by molar-refractivity contribution is 5.77. The third-order valence-electron chi connectivity index (χ3n) is 1.60. The molecule has 1 nitrogen and oxygen atoms in total. The van der Waals surface area contributed by atoms with Crippen molar-refractivity contribution >= 4 is 11.0 Å². The summed E-state index contributed by atoms with van der Waals surface area (Å²) in [7, 11) is 0. The first-order valence-electron chi connectivity index (χ1n) is 3.41. The van der Waals surface area contributed by atoms with Gasteiger partial charge in [0.25, 0.3) is 0 Å². The van der Waals surface area contributed by atoms with Crippen molar-refractivity contribution in [3.8, 4) is 0 Å². The molecule has 2 rings (SSSR count). The van der Waals surface area contributed by atoms with Crippen LogP contribution in [0.25, 0.3) is 11.0 Å². The SMILES string of the molecule is Cc1cc2cc(F)ccc2o1. The van der Waals surface area contributed by atoms with E-state index in [4.69, 9.17) is 4.42 Å². The van der Waals surface area contributed by atoms with Gasteiger partial charge in [0.05, 0.1) is 0 Å². The molecule has 1 aromatic carbocycles. The maximum atomic E-state index is 12.6. The van der Waals surface area contributed by atoms with Crippen molar-refractivity contribution in [2.45, 2.75) is 6.92 Å². The van der Waals surface area contributed by atoms with E-state index >= 15 is 0 Å². The first-order chi connectivity index (χ1) is 5.25. The fraction of sp³-hybridized carbons (Fsp3) is 0.111. The molecule has 0 unspecified atom stereocenters. The maximum absolute atomic E-state index is 12.6. The molecule has 0 aliphatic heterocycles. The number of benzene rings is 1. The summed E-state index contributed by atoms with van der Waals surface area (Å²) in [5.41, 5.74) is 0.740. The van der Waals surface area contributed by atoms with E-state index in [9.17, 15) is 4.39 Å². The van der Waals surface area contributed by atoms with Crippen LogP contribution in [0.4, 0.5) is 4.39 Å². The molecule has 0 spiro atoms. The number of aryl methyl sites for hydroxylation is 1. The summed E-state index contributed by atoms with van der Waals surface area (Å²) in [6.07, 6.45) is 0. The summed E-state index contributed by atoms with van der Waals surface area (Å²) in [5, 5.41) is 0.822. The highest BCUT2D eigenvalue weighted by Crippen LogP contribution is 2.19. The van der Waals surface area contributed by atoms with Crippen molar-refractivity contribution in [1.82, 2.24) is 0 Å². The molecule has 0 radical (unpaired) electrons. The Balaban J connectivity index is 2.82.